The molecule has 7 heteroatoms. The zero-order chi connectivity index (χ0) is 12.6. The van der Waals surface area contributed by atoms with Gasteiger partial charge in [-0.3, -0.25) is 4.79 Å². The lowest BCUT2D eigenvalue weighted by molar-refractivity contribution is -0.0888. The molecule has 0 radical (unpaired) electrons. The summed E-state index contributed by atoms with van der Waals surface area (Å²) < 4.78 is 38.8. The fourth-order valence-electron chi connectivity index (χ4n) is 2.09. The number of aromatic nitrogens is 2. The zero-order valence-electron chi connectivity index (χ0n) is 9.05. The third-order valence-corrected chi connectivity index (χ3v) is 2.85. The van der Waals surface area contributed by atoms with E-state index in [0.717, 1.165) is 12.8 Å². The lowest BCUT2D eigenvalue weighted by atomic mass is 10.1. The summed E-state index contributed by atoms with van der Waals surface area (Å²) in [5.74, 6) is -1.52. The standard InChI is InChI=1S/C10H12F3N3O/c11-10(12,13)9(17)8-6-3-1-2-4-16(6)7(5-14)15-8/h1-5,14H2. The average molecular weight is 247 g/mol. The van der Waals surface area contributed by atoms with Crippen molar-refractivity contribution in [1.82, 2.24) is 9.55 Å². The Kier molecular flexibility index (Phi) is 2.94. The van der Waals surface area contributed by atoms with Gasteiger partial charge in [0.25, 0.3) is 5.78 Å². The first-order valence-electron chi connectivity index (χ1n) is 5.35. The van der Waals surface area contributed by atoms with E-state index in [2.05, 4.69) is 4.98 Å². The molecular weight excluding hydrogens is 235 g/mol. The number of nitrogens with zero attached hydrogens (tertiary/aromatic N) is 2. The molecule has 1 aromatic rings. The monoisotopic (exact) mass is 247 g/mol. The quantitative estimate of drug-likeness (QED) is 0.804. The van der Waals surface area contributed by atoms with Gasteiger partial charge in [-0.15, -0.1) is 0 Å². The lowest BCUT2D eigenvalue weighted by Gasteiger charge is -2.16. The molecule has 94 valence electrons. The van der Waals surface area contributed by atoms with Crippen LogP contribution in [0, 0.1) is 0 Å². The number of alkyl halides is 3. The topological polar surface area (TPSA) is 60.9 Å². The van der Waals surface area contributed by atoms with E-state index < -0.39 is 17.7 Å². The van der Waals surface area contributed by atoms with Crippen LogP contribution in [0.3, 0.4) is 0 Å². The SMILES string of the molecule is NCc1nc(C(=O)C(F)(F)F)c2n1CCCC2. The first kappa shape index (κ1) is 12.1. The Hall–Kier alpha value is -1.37. The number of rotatable bonds is 2. The maximum atomic E-state index is 12.4. The maximum absolute atomic E-state index is 12.4. The van der Waals surface area contributed by atoms with Crippen molar-refractivity contribution in [3.05, 3.63) is 17.2 Å². The minimum Gasteiger partial charge on any atom is -0.330 e. The average Bonchev–Trinajstić information content (AvgIpc) is 2.65. The number of hydrogen-bond donors (Lipinski definition) is 1. The molecule has 2 heterocycles. The molecule has 0 unspecified atom stereocenters. The molecule has 2 N–H and O–H groups in total. The number of hydrogen-bond acceptors (Lipinski definition) is 3. The van der Waals surface area contributed by atoms with Crippen molar-refractivity contribution >= 4 is 5.78 Å². The van der Waals surface area contributed by atoms with Crippen LogP contribution in [0.25, 0.3) is 0 Å². The molecule has 0 atom stereocenters. The molecule has 0 bridgehead atoms. The number of fused-ring (bicyclic) bond motifs is 1. The second-order valence-corrected chi connectivity index (χ2v) is 3.96. The number of nitrogens with two attached hydrogens (primary N) is 1. The zero-order valence-corrected chi connectivity index (χ0v) is 9.05. The molecule has 1 aliphatic heterocycles. The van der Waals surface area contributed by atoms with Crippen molar-refractivity contribution in [3.8, 4) is 0 Å². The number of halogens is 3. The van der Waals surface area contributed by atoms with Crippen molar-refractivity contribution in [2.75, 3.05) is 0 Å². The first-order valence-corrected chi connectivity index (χ1v) is 5.35. The lowest BCUT2D eigenvalue weighted by Crippen LogP contribution is -2.25. The number of carbonyl (C=O) groups is 1. The first-order chi connectivity index (χ1) is 7.95. The number of Topliss-reactive ketones (excluding diaryl/α,β-unsaturated/α-hetero) is 1. The molecule has 0 amide bonds. The molecule has 0 fully saturated rings. The van der Waals surface area contributed by atoms with Gasteiger partial charge in [-0.2, -0.15) is 13.2 Å². The van der Waals surface area contributed by atoms with Crippen LogP contribution in [0.1, 0.15) is 34.8 Å². The minimum absolute atomic E-state index is 0.0398. The van der Waals surface area contributed by atoms with E-state index in [-0.39, 0.29) is 6.54 Å². The molecule has 17 heavy (non-hydrogen) atoms. The normalized spacial score (nSPS) is 15.8. The van der Waals surface area contributed by atoms with Crippen molar-refractivity contribution < 1.29 is 18.0 Å². The third kappa shape index (κ3) is 2.06. The van der Waals surface area contributed by atoms with Gasteiger partial charge in [-0.05, 0) is 19.3 Å². The van der Waals surface area contributed by atoms with Crippen LogP contribution in [0.2, 0.25) is 0 Å². The Morgan fingerprint density at radius 3 is 2.71 bits per heavy atom. The van der Waals surface area contributed by atoms with E-state index in [9.17, 15) is 18.0 Å². The summed E-state index contributed by atoms with van der Waals surface area (Å²) in [5.41, 5.74) is 5.32. The second-order valence-electron chi connectivity index (χ2n) is 3.96. The molecule has 0 saturated heterocycles. The Morgan fingerprint density at radius 1 is 1.41 bits per heavy atom. The van der Waals surface area contributed by atoms with Crippen molar-refractivity contribution in [2.45, 2.75) is 38.5 Å². The van der Waals surface area contributed by atoms with E-state index in [0.29, 0.717) is 24.5 Å². The van der Waals surface area contributed by atoms with Crippen molar-refractivity contribution in [3.63, 3.8) is 0 Å². The van der Waals surface area contributed by atoms with Gasteiger partial charge in [-0.25, -0.2) is 4.98 Å². The molecule has 4 nitrogen and oxygen atoms in total. The highest BCUT2D eigenvalue weighted by atomic mass is 19.4. The molecule has 1 aliphatic rings. The summed E-state index contributed by atoms with van der Waals surface area (Å²) in [6, 6.07) is 0. The summed E-state index contributed by atoms with van der Waals surface area (Å²) in [6.07, 6.45) is -2.78. The molecule has 0 saturated carbocycles. The number of imidazole rings is 1. The summed E-state index contributed by atoms with van der Waals surface area (Å²) in [4.78, 5) is 15.0. The largest absolute Gasteiger partial charge is 0.456 e. The predicted molar refractivity (Wildman–Crippen MR) is 53.4 cm³/mol. The van der Waals surface area contributed by atoms with Crippen LogP contribution in [0.15, 0.2) is 0 Å². The Morgan fingerprint density at radius 2 is 2.12 bits per heavy atom. The van der Waals surface area contributed by atoms with Gasteiger partial charge in [0, 0.05) is 12.2 Å². The third-order valence-electron chi connectivity index (χ3n) is 2.85. The number of ketones is 1. The summed E-state index contributed by atoms with van der Waals surface area (Å²) in [7, 11) is 0. The van der Waals surface area contributed by atoms with Crippen LogP contribution in [-0.4, -0.2) is 21.5 Å². The van der Waals surface area contributed by atoms with Crippen molar-refractivity contribution in [2.24, 2.45) is 5.73 Å². The van der Waals surface area contributed by atoms with Crippen LogP contribution >= 0.6 is 0 Å². The predicted octanol–water partition coefficient (Wildman–Crippen LogP) is 1.42. The molecule has 0 aliphatic carbocycles. The Bertz CT molecular complexity index is 450. The van der Waals surface area contributed by atoms with Crippen LogP contribution < -0.4 is 5.73 Å². The van der Waals surface area contributed by atoms with Crippen LogP contribution in [0.4, 0.5) is 13.2 Å². The van der Waals surface area contributed by atoms with E-state index in [4.69, 9.17) is 5.73 Å². The Balaban J connectivity index is 2.48. The van der Waals surface area contributed by atoms with Gasteiger partial charge in [0.1, 0.15) is 11.5 Å². The number of carbonyl (C=O) groups excluding carboxylic acids is 1. The van der Waals surface area contributed by atoms with Gasteiger partial charge >= 0.3 is 6.18 Å². The highest BCUT2D eigenvalue weighted by Gasteiger charge is 2.43. The maximum Gasteiger partial charge on any atom is 0.456 e. The van der Waals surface area contributed by atoms with E-state index >= 15 is 0 Å². The van der Waals surface area contributed by atoms with E-state index in [1.54, 1.807) is 4.57 Å². The van der Waals surface area contributed by atoms with Gasteiger partial charge in [-0.1, -0.05) is 0 Å². The van der Waals surface area contributed by atoms with Crippen LogP contribution in [-0.2, 0) is 19.5 Å². The smallest absolute Gasteiger partial charge is 0.330 e. The molecule has 0 aromatic carbocycles. The fourth-order valence-corrected chi connectivity index (χ4v) is 2.09. The summed E-state index contributed by atoms with van der Waals surface area (Å²) in [6.45, 7) is 0.623. The molecule has 1 aromatic heterocycles. The Labute approximate surface area is 95.6 Å². The van der Waals surface area contributed by atoms with Crippen LogP contribution in [0.5, 0.6) is 0 Å². The summed E-state index contributed by atoms with van der Waals surface area (Å²) in [5, 5.41) is 0. The van der Waals surface area contributed by atoms with E-state index in [1.807, 2.05) is 0 Å². The molecule has 2 rings (SSSR count). The van der Waals surface area contributed by atoms with Crippen molar-refractivity contribution in [1.29, 1.82) is 0 Å². The van der Waals surface area contributed by atoms with Gasteiger partial charge in [0.15, 0.2) is 0 Å². The fraction of sp³-hybridized carbons (Fsp3) is 0.600. The van der Waals surface area contributed by atoms with Gasteiger partial charge in [0.2, 0.25) is 0 Å². The highest BCUT2D eigenvalue weighted by Crippen LogP contribution is 2.27. The molecular formula is C10H12F3N3O. The summed E-state index contributed by atoms with van der Waals surface area (Å²) >= 11 is 0. The molecule has 0 spiro atoms. The van der Waals surface area contributed by atoms with E-state index in [1.165, 1.54) is 0 Å². The van der Waals surface area contributed by atoms with Gasteiger partial charge in [0.05, 0.1) is 6.54 Å². The second kappa shape index (κ2) is 4.14. The van der Waals surface area contributed by atoms with Gasteiger partial charge < -0.3 is 10.3 Å². The minimum atomic E-state index is -4.88. The highest BCUT2D eigenvalue weighted by molar-refractivity contribution is 5.99.